The van der Waals surface area contributed by atoms with Gasteiger partial charge in [0, 0.05) is 12.2 Å². The molecule has 0 aliphatic carbocycles. The molecular formula is C16H19N5OS2. The molecule has 0 aliphatic rings. The van der Waals surface area contributed by atoms with Crippen LogP contribution in [-0.2, 0) is 11.2 Å². The number of rotatable bonds is 8. The van der Waals surface area contributed by atoms with Gasteiger partial charge in [-0.3, -0.25) is 4.79 Å². The van der Waals surface area contributed by atoms with Crippen molar-refractivity contribution in [3.05, 3.63) is 29.8 Å². The minimum absolute atomic E-state index is 0.0973. The molecule has 2 rings (SSSR count). The first-order chi connectivity index (χ1) is 11.6. The van der Waals surface area contributed by atoms with Crippen LogP contribution in [0.3, 0.4) is 0 Å². The van der Waals surface area contributed by atoms with Gasteiger partial charge in [-0.25, -0.2) is 0 Å². The molecule has 0 bridgehead atoms. The van der Waals surface area contributed by atoms with E-state index in [1.54, 1.807) is 12.1 Å². The molecule has 0 unspecified atom stereocenters. The molecule has 0 atom stereocenters. The second kappa shape index (κ2) is 9.25. The third-order valence-electron chi connectivity index (χ3n) is 2.92. The molecule has 1 amide bonds. The Labute approximate surface area is 149 Å². The van der Waals surface area contributed by atoms with Gasteiger partial charge in [-0.1, -0.05) is 49.1 Å². The van der Waals surface area contributed by atoms with Crippen molar-refractivity contribution < 1.29 is 4.79 Å². The first kappa shape index (κ1) is 18.2. The number of hydrogen-bond acceptors (Lipinski definition) is 7. The highest BCUT2D eigenvalue weighted by Gasteiger charge is 2.09. The van der Waals surface area contributed by atoms with Gasteiger partial charge in [-0.15, -0.1) is 10.2 Å². The van der Waals surface area contributed by atoms with Gasteiger partial charge in [0.05, 0.1) is 18.2 Å². The third-order valence-corrected chi connectivity index (χ3v) is 4.93. The van der Waals surface area contributed by atoms with E-state index in [0.717, 1.165) is 27.3 Å². The van der Waals surface area contributed by atoms with Crippen molar-refractivity contribution in [2.75, 3.05) is 22.9 Å². The summed E-state index contributed by atoms with van der Waals surface area (Å²) in [5.41, 5.74) is 1.65. The molecule has 8 heteroatoms. The first-order valence-corrected chi connectivity index (χ1v) is 9.33. The summed E-state index contributed by atoms with van der Waals surface area (Å²) in [7, 11) is 0. The molecule has 0 saturated heterocycles. The van der Waals surface area contributed by atoms with E-state index in [2.05, 4.69) is 40.7 Å². The van der Waals surface area contributed by atoms with Crippen LogP contribution in [0.25, 0.3) is 0 Å². The molecule has 1 heterocycles. The molecule has 0 spiro atoms. The predicted molar refractivity (Wildman–Crippen MR) is 98.3 cm³/mol. The number of carbonyl (C=O) groups excluding carboxylic acids is 1. The van der Waals surface area contributed by atoms with Crippen molar-refractivity contribution in [1.82, 2.24) is 10.2 Å². The number of aromatic nitrogens is 2. The number of carbonyl (C=O) groups is 1. The number of hydrogen-bond donors (Lipinski definition) is 2. The average molecular weight is 361 g/mol. The Morgan fingerprint density at radius 3 is 2.75 bits per heavy atom. The maximum atomic E-state index is 12.0. The molecule has 2 N–H and O–H groups in total. The molecule has 2 aromatic rings. The Kier molecular flexibility index (Phi) is 7.03. The molecule has 0 fully saturated rings. The molecule has 0 saturated carbocycles. The molecule has 1 aromatic carbocycles. The van der Waals surface area contributed by atoms with E-state index in [0.29, 0.717) is 12.3 Å². The Balaban J connectivity index is 1.77. The van der Waals surface area contributed by atoms with Crippen LogP contribution in [0.15, 0.2) is 28.6 Å². The number of nitriles is 1. The van der Waals surface area contributed by atoms with Gasteiger partial charge in [0.2, 0.25) is 11.0 Å². The van der Waals surface area contributed by atoms with Crippen LogP contribution >= 0.6 is 23.1 Å². The topological polar surface area (TPSA) is 90.7 Å². The maximum Gasteiger partial charge on any atom is 0.234 e. The second-order valence-corrected chi connectivity index (χ2v) is 7.72. The van der Waals surface area contributed by atoms with E-state index < -0.39 is 0 Å². The fourth-order valence-corrected chi connectivity index (χ4v) is 3.31. The van der Waals surface area contributed by atoms with E-state index in [9.17, 15) is 4.79 Å². The van der Waals surface area contributed by atoms with Crippen molar-refractivity contribution in [3.63, 3.8) is 0 Å². The summed E-state index contributed by atoms with van der Waals surface area (Å²) in [5.74, 6) is 0.717. The summed E-state index contributed by atoms with van der Waals surface area (Å²) in [6, 6.07) is 9.37. The quantitative estimate of drug-likeness (QED) is 0.700. The lowest BCUT2D eigenvalue weighted by molar-refractivity contribution is -0.113. The number of thioether (sulfide) groups is 1. The highest BCUT2D eigenvalue weighted by molar-refractivity contribution is 8.01. The van der Waals surface area contributed by atoms with E-state index in [4.69, 9.17) is 5.26 Å². The lowest BCUT2D eigenvalue weighted by atomic mass is 10.1. The lowest BCUT2D eigenvalue weighted by Gasteiger charge is -2.04. The van der Waals surface area contributed by atoms with E-state index in [-0.39, 0.29) is 11.7 Å². The third kappa shape index (κ3) is 6.18. The van der Waals surface area contributed by atoms with Gasteiger partial charge < -0.3 is 10.6 Å². The first-order valence-electron chi connectivity index (χ1n) is 7.52. The zero-order chi connectivity index (χ0) is 17.4. The molecule has 24 heavy (non-hydrogen) atoms. The molecule has 1 aromatic heterocycles. The van der Waals surface area contributed by atoms with E-state index >= 15 is 0 Å². The summed E-state index contributed by atoms with van der Waals surface area (Å²) in [4.78, 5) is 12.0. The van der Waals surface area contributed by atoms with Crippen LogP contribution in [0.2, 0.25) is 0 Å². The van der Waals surface area contributed by atoms with Crippen LogP contribution in [0, 0.1) is 17.2 Å². The number of anilines is 2. The molecule has 126 valence electrons. The SMILES string of the molecule is CC(C)CNc1nnc(SCC(=O)Nc2ccc(CC#N)cc2)s1. The van der Waals surface area contributed by atoms with Gasteiger partial charge in [0.1, 0.15) is 0 Å². The second-order valence-electron chi connectivity index (χ2n) is 5.52. The zero-order valence-electron chi connectivity index (χ0n) is 13.6. The van der Waals surface area contributed by atoms with Crippen LogP contribution in [-0.4, -0.2) is 28.4 Å². The largest absolute Gasteiger partial charge is 0.360 e. The highest BCUT2D eigenvalue weighted by atomic mass is 32.2. The number of nitrogens with zero attached hydrogens (tertiary/aromatic N) is 3. The van der Waals surface area contributed by atoms with Gasteiger partial charge in [0.25, 0.3) is 0 Å². The zero-order valence-corrected chi connectivity index (χ0v) is 15.2. The van der Waals surface area contributed by atoms with Gasteiger partial charge in [-0.05, 0) is 23.6 Å². The van der Waals surface area contributed by atoms with Gasteiger partial charge in [-0.2, -0.15) is 5.26 Å². The van der Waals surface area contributed by atoms with Crippen molar-refractivity contribution in [2.24, 2.45) is 5.92 Å². The fourth-order valence-electron chi connectivity index (χ4n) is 1.75. The lowest BCUT2D eigenvalue weighted by Crippen LogP contribution is -2.13. The van der Waals surface area contributed by atoms with Crippen LogP contribution in [0.4, 0.5) is 10.8 Å². The fraction of sp³-hybridized carbons (Fsp3) is 0.375. The average Bonchev–Trinajstić information content (AvgIpc) is 3.01. The predicted octanol–water partition coefficient (Wildman–Crippen LogP) is 3.40. The number of benzene rings is 1. The van der Waals surface area contributed by atoms with Crippen molar-refractivity contribution in [2.45, 2.75) is 24.6 Å². The highest BCUT2D eigenvalue weighted by Crippen LogP contribution is 2.25. The molecule has 0 aliphatic heterocycles. The maximum absolute atomic E-state index is 12.0. The Morgan fingerprint density at radius 1 is 1.33 bits per heavy atom. The van der Waals surface area contributed by atoms with Crippen molar-refractivity contribution in [3.8, 4) is 6.07 Å². The Morgan fingerprint density at radius 2 is 2.08 bits per heavy atom. The van der Waals surface area contributed by atoms with Crippen LogP contribution in [0.5, 0.6) is 0 Å². The van der Waals surface area contributed by atoms with E-state index in [1.165, 1.54) is 23.1 Å². The minimum Gasteiger partial charge on any atom is -0.360 e. The van der Waals surface area contributed by atoms with Crippen LogP contribution < -0.4 is 10.6 Å². The summed E-state index contributed by atoms with van der Waals surface area (Å²) in [5, 5.41) is 23.6. The summed E-state index contributed by atoms with van der Waals surface area (Å²) >= 11 is 2.81. The normalized spacial score (nSPS) is 10.4. The monoisotopic (exact) mass is 361 g/mol. The van der Waals surface area contributed by atoms with E-state index in [1.807, 2.05) is 12.1 Å². The van der Waals surface area contributed by atoms with Gasteiger partial charge >= 0.3 is 0 Å². The summed E-state index contributed by atoms with van der Waals surface area (Å²) in [6.45, 7) is 5.10. The smallest absolute Gasteiger partial charge is 0.234 e. The van der Waals surface area contributed by atoms with Crippen molar-refractivity contribution >= 4 is 39.8 Å². The number of amides is 1. The molecule has 0 radical (unpaired) electrons. The number of nitrogens with one attached hydrogen (secondary N) is 2. The Bertz CT molecular complexity index is 706. The van der Waals surface area contributed by atoms with Gasteiger partial charge in [0.15, 0.2) is 4.34 Å². The summed E-state index contributed by atoms with van der Waals surface area (Å²) in [6.07, 6.45) is 0.369. The van der Waals surface area contributed by atoms with Crippen molar-refractivity contribution in [1.29, 1.82) is 5.26 Å². The molecular weight excluding hydrogens is 342 g/mol. The van der Waals surface area contributed by atoms with Crippen LogP contribution in [0.1, 0.15) is 19.4 Å². The minimum atomic E-state index is -0.0973. The standard InChI is InChI=1S/C16H19N5OS2/c1-11(2)9-18-15-20-21-16(24-15)23-10-14(22)19-13-5-3-12(4-6-13)7-8-17/h3-6,11H,7,9-10H2,1-2H3,(H,18,20)(H,19,22). The summed E-state index contributed by atoms with van der Waals surface area (Å²) < 4.78 is 0.765. The molecule has 6 nitrogen and oxygen atoms in total. The Hall–Kier alpha value is -2.11.